The molecular weight excluding hydrogens is 666 g/mol. The fourth-order valence-electron chi connectivity index (χ4n) is 5.33. The number of rotatable bonds is 13. The Morgan fingerprint density at radius 1 is 0.800 bits per heavy atom. The summed E-state index contributed by atoms with van der Waals surface area (Å²) in [7, 11) is 0. The Hall–Kier alpha value is -5.63. The van der Waals surface area contributed by atoms with E-state index in [1.807, 2.05) is 18.2 Å². The van der Waals surface area contributed by atoms with Gasteiger partial charge in [-0.3, -0.25) is 24.1 Å². The van der Waals surface area contributed by atoms with E-state index < -0.39 is 59.3 Å². The number of nitrogens with zero attached hydrogens (tertiary/aromatic N) is 1. The summed E-state index contributed by atoms with van der Waals surface area (Å²) in [6.45, 7) is 2.79. The maximum atomic E-state index is 14.2. The number of benzene rings is 3. The van der Waals surface area contributed by atoms with Gasteiger partial charge in [-0.2, -0.15) is 0 Å². The number of β-lactam (4-membered cyclic amide) rings is 1. The van der Waals surface area contributed by atoms with Crippen LogP contribution in [0.5, 0.6) is 0 Å². The molecule has 0 aliphatic carbocycles. The molecule has 2 aliphatic rings. The summed E-state index contributed by atoms with van der Waals surface area (Å²) in [5.74, 6) is -7.09. The zero-order valence-electron chi connectivity index (χ0n) is 27.2. The lowest BCUT2D eigenvalue weighted by Gasteiger charge is -2.49. The van der Waals surface area contributed by atoms with Crippen molar-refractivity contribution in [1.82, 2.24) is 15.5 Å². The van der Waals surface area contributed by atoms with Gasteiger partial charge in [-0.15, -0.1) is 11.8 Å². The van der Waals surface area contributed by atoms with E-state index in [4.69, 9.17) is 18.9 Å². The molecule has 1 unspecified atom stereocenters. The molecule has 0 aromatic heterocycles. The molecule has 3 aromatic carbocycles. The molecule has 2 aliphatic heterocycles. The number of nitrogens with one attached hydrogen (secondary N) is 2. The lowest BCUT2D eigenvalue weighted by molar-refractivity contribution is -0.164. The van der Waals surface area contributed by atoms with Crippen LogP contribution in [0.15, 0.2) is 102 Å². The van der Waals surface area contributed by atoms with E-state index >= 15 is 0 Å². The number of ether oxygens (including phenoxy) is 4. The topological polar surface area (TPSA) is 167 Å². The van der Waals surface area contributed by atoms with Crippen LogP contribution in [0.1, 0.15) is 36.6 Å². The van der Waals surface area contributed by atoms with Gasteiger partial charge < -0.3 is 29.6 Å². The second kappa shape index (κ2) is 16.7. The molecule has 1 saturated heterocycles. The van der Waals surface area contributed by atoms with Crippen LogP contribution in [-0.2, 0) is 49.5 Å². The molecule has 0 saturated carbocycles. The fraction of sp³-hybridized carbons (Fsp3) is 0.278. The standard InChI is InChI=1S/C36H35N3O10S/c1-3-46-33(42)26(34(43)47-4-2)30(40)37-25-21-50-32-27(38-36(45)48-20-22-14-8-5-9-15-22)31(41)39(32)28(25)35(44)49-29(23-16-10-6-11-17-23)24-18-12-7-13-19-24/h5-19,26-27,29,32H,3-4,20-21H2,1-2H3,(H,37,40)(H,38,45)/t27?,32-/m1/s1. The van der Waals surface area contributed by atoms with Gasteiger partial charge >= 0.3 is 24.0 Å². The van der Waals surface area contributed by atoms with E-state index in [-0.39, 0.29) is 37.0 Å². The third-order valence-electron chi connectivity index (χ3n) is 7.66. The van der Waals surface area contributed by atoms with Gasteiger partial charge in [0.25, 0.3) is 5.91 Å². The van der Waals surface area contributed by atoms with Crippen LogP contribution in [0.3, 0.4) is 0 Å². The number of fused-ring (bicyclic) bond motifs is 1. The van der Waals surface area contributed by atoms with Gasteiger partial charge in [0.2, 0.25) is 11.8 Å². The van der Waals surface area contributed by atoms with Crippen LogP contribution >= 0.6 is 11.8 Å². The van der Waals surface area contributed by atoms with Crippen molar-refractivity contribution in [2.75, 3.05) is 19.0 Å². The van der Waals surface area contributed by atoms with Crippen molar-refractivity contribution in [3.8, 4) is 0 Å². The first-order chi connectivity index (χ1) is 24.2. The Morgan fingerprint density at radius 2 is 1.34 bits per heavy atom. The minimum absolute atomic E-state index is 0.0226. The fourth-order valence-corrected chi connectivity index (χ4v) is 6.61. The predicted octanol–water partition coefficient (Wildman–Crippen LogP) is 3.60. The zero-order chi connectivity index (χ0) is 35.6. The van der Waals surface area contributed by atoms with E-state index in [0.717, 1.165) is 22.2 Å². The SMILES string of the molecule is CCOC(=O)C(C(=O)NC1=C(C(=O)OC(c2ccccc2)c2ccccc2)N2C(=O)C(NC(=O)OCc3ccccc3)[C@H]2SC1)C(=O)OCC. The summed E-state index contributed by atoms with van der Waals surface area (Å²) in [4.78, 5) is 80.4. The van der Waals surface area contributed by atoms with Crippen LogP contribution in [0, 0.1) is 5.92 Å². The smallest absolute Gasteiger partial charge is 0.408 e. The molecule has 50 heavy (non-hydrogen) atoms. The lowest BCUT2D eigenvalue weighted by atomic mass is 10.0. The Balaban J connectivity index is 1.44. The molecule has 5 rings (SSSR count). The van der Waals surface area contributed by atoms with Crippen molar-refractivity contribution in [2.24, 2.45) is 5.92 Å². The summed E-state index contributed by atoms with van der Waals surface area (Å²) in [6.07, 6.45) is -1.74. The minimum Gasteiger partial charge on any atom is -0.465 e. The first-order valence-corrected chi connectivity index (χ1v) is 16.9. The van der Waals surface area contributed by atoms with Crippen LogP contribution in [0.4, 0.5) is 4.79 Å². The molecule has 2 N–H and O–H groups in total. The molecule has 2 atom stereocenters. The molecule has 2 heterocycles. The Labute approximate surface area is 292 Å². The average Bonchev–Trinajstić information content (AvgIpc) is 3.13. The van der Waals surface area contributed by atoms with E-state index in [0.29, 0.717) is 11.1 Å². The lowest BCUT2D eigenvalue weighted by Crippen LogP contribution is -2.71. The van der Waals surface area contributed by atoms with Crippen molar-refractivity contribution in [2.45, 2.75) is 38.0 Å². The summed E-state index contributed by atoms with van der Waals surface area (Å²) >= 11 is 1.14. The predicted molar refractivity (Wildman–Crippen MR) is 179 cm³/mol. The number of hydrogen-bond acceptors (Lipinski definition) is 11. The van der Waals surface area contributed by atoms with Crippen molar-refractivity contribution < 1.29 is 47.7 Å². The number of thioether (sulfide) groups is 1. The quantitative estimate of drug-likeness (QED) is 0.116. The van der Waals surface area contributed by atoms with E-state index in [1.165, 1.54) is 13.8 Å². The van der Waals surface area contributed by atoms with Gasteiger partial charge in [-0.1, -0.05) is 91.0 Å². The largest absolute Gasteiger partial charge is 0.465 e. The highest BCUT2D eigenvalue weighted by atomic mass is 32.2. The third kappa shape index (κ3) is 8.14. The molecule has 0 radical (unpaired) electrons. The third-order valence-corrected chi connectivity index (χ3v) is 8.94. The highest BCUT2D eigenvalue weighted by Crippen LogP contribution is 2.41. The molecular formula is C36H35N3O10S. The van der Waals surface area contributed by atoms with Crippen molar-refractivity contribution in [3.63, 3.8) is 0 Å². The van der Waals surface area contributed by atoms with Crippen molar-refractivity contribution in [1.29, 1.82) is 0 Å². The van der Waals surface area contributed by atoms with Crippen LogP contribution in [0.2, 0.25) is 0 Å². The van der Waals surface area contributed by atoms with Gasteiger partial charge in [0.05, 0.1) is 18.9 Å². The van der Waals surface area contributed by atoms with Crippen molar-refractivity contribution in [3.05, 3.63) is 119 Å². The second-order valence-corrected chi connectivity index (χ2v) is 12.1. The average molecular weight is 702 g/mol. The zero-order valence-corrected chi connectivity index (χ0v) is 28.1. The first-order valence-electron chi connectivity index (χ1n) is 15.8. The summed E-state index contributed by atoms with van der Waals surface area (Å²) in [5, 5.41) is 4.28. The Kier molecular flexibility index (Phi) is 11.9. The van der Waals surface area contributed by atoms with Crippen LogP contribution in [0.25, 0.3) is 0 Å². The number of carbonyl (C=O) groups excluding carboxylic acids is 6. The normalized spacial score (nSPS) is 16.6. The molecule has 3 aromatic rings. The van der Waals surface area contributed by atoms with E-state index in [1.54, 1.807) is 72.8 Å². The van der Waals surface area contributed by atoms with Gasteiger partial charge in [0.15, 0.2) is 11.8 Å². The summed E-state index contributed by atoms with van der Waals surface area (Å²) in [5.41, 5.74) is 1.63. The van der Waals surface area contributed by atoms with E-state index in [9.17, 15) is 28.8 Å². The number of hydrogen-bond donors (Lipinski definition) is 2. The van der Waals surface area contributed by atoms with Gasteiger partial charge in [0, 0.05) is 5.75 Å². The molecule has 13 nitrogen and oxygen atoms in total. The van der Waals surface area contributed by atoms with Crippen LogP contribution < -0.4 is 10.6 Å². The van der Waals surface area contributed by atoms with Crippen LogP contribution in [-0.4, -0.2) is 71.1 Å². The highest BCUT2D eigenvalue weighted by Gasteiger charge is 2.55. The Morgan fingerprint density at radius 3 is 1.88 bits per heavy atom. The monoisotopic (exact) mass is 701 g/mol. The summed E-state index contributed by atoms with van der Waals surface area (Å²) < 4.78 is 21.2. The number of esters is 3. The highest BCUT2D eigenvalue weighted by molar-refractivity contribution is 8.00. The Bertz CT molecular complexity index is 1700. The summed E-state index contributed by atoms with van der Waals surface area (Å²) in [6, 6.07) is 25.8. The molecule has 0 bridgehead atoms. The van der Waals surface area contributed by atoms with Crippen molar-refractivity contribution >= 4 is 47.6 Å². The second-order valence-electron chi connectivity index (χ2n) is 11.0. The molecule has 260 valence electrons. The first kappa shape index (κ1) is 35.7. The van der Waals surface area contributed by atoms with E-state index in [2.05, 4.69) is 10.6 Å². The van der Waals surface area contributed by atoms with Gasteiger partial charge in [-0.25, -0.2) is 9.59 Å². The number of amides is 3. The molecule has 1 fully saturated rings. The maximum absolute atomic E-state index is 14.2. The van der Waals surface area contributed by atoms with Gasteiger partial charge in [-0.05, 0) is 30.5 Å². The minimum atomic E-state index is -2.00. The number of alkyl carbamates (subject to hydrolysis) is 1. The van der Waals surface area contributed by atoms with Gasteiger partial charge in [0.1, 0.15) is 18.0 Å². The molecule has 0 spiro atoms. The number of carbonyl (C=O) groups is 6. The maximum Gasteiger partial charge on any atom is 0.408 e. The molecule has 14 heteroatoms. The molecule has 3 amide bonds.